The normalized spacial score (nSPS) is 18.1. The first kappa shape index (κ1) is 16.5. The summed E-state index contributed by atoms with van der Waals surface area (Å²) in [6.07, 6.45) is 2.22. The molecule has 0 radical (unpaired) electrons. The van der Waals surface area contributed by atoms with Crippen molar-refractivity contribution in [3.05, 3.63) is 35.4 Å². The van der Waals surface area contributed by atoms with Gasteiger partial charge in [-0.25, -0.2) is 0 Å². The number of rotatable bonds is 5. The van der Waals surface area contributed by atoms with Crippen LogP contribution >= 0.6 is 0 Å². The molecule has 0 aromatic heterocycles. The number of hydrogen-bond acceptors (Lipinski definition) is 3. The van der Waals surface area contributed by atoms with E-state index in [0.717, 1.165) is 18.4 Å². The zero-order valence-electron chi connectivity index (χ0n) is 13.4. The molecule has 2 N–H and O–H groups in total. The molecule has 2 amide bonds. The zero-order valence-corrected chi connectivity index (χ0v) is 13.4. The van der Waals surface area contributed by atoms with Gasteiger partial charge in [0.2, 0.25) is 11.8 Å². The minimum atomic E-state index is -0.322. The third kappa shape index (κ3) is 4.56. The number of carbonyl (C=O) groups is 2. The molecule has 1 saturated heterocycles. The summed E-state index contributed by atoms with van der Waals surface area (Å²) in [6.45, 7) is 5.98. The minimum Gasteiger partial charge on any atom is -0.351 e. The minimum absolute atomic E-state index is 0.0193. The molecule has 0 spiro atoms. The van der Waals surface area contributed by atoms with Gasteiger partial charge in [0, 0.05) is 33.1 Å². The highest BCUT2D eigenvalue weighted by Gasteiger charge is 2.26. The van der Waals surface area contributed by atoms with Crippen molar-refractivity contribution in [1.82, 2.24) is 15.5 Å². The molecule has 1 aromatic carbocycles. The summed E-state index contributed by atoms with van der Waals surface area (Å²) in [7, 11) is 0. The van der Waals surface area contributed by atoms with E-state index in [4.69, 9.17) is 0 Å². The quantitative estimate of drug-likeness (QED) is 0.855. The SMILES string of the molecule is CCCc1ccc(CNC(=O)[C@H]2CN(C(C)=O)CCN2)cc1. The van der Waals surface area contributed by atoms with Crippen LogP contribution in [0.5, 0.6) is 0 Å². The van der Waals surface area contributed by atoms with Crippen molar-refractivity contribution in [1.29, 1.82) is 0 Å². The Morgan fingerprint density at radius 2 is 1.95 bits per heavy atom. The first-order valence-electron chi connectivity index (χ1n) is 7.94. The van der Waals surface area contributed by atoms with E-state index < -0.39 is 0 Å². The Morgan fingerprint density at radius 1 is 1.27 bits per heavy atom. The summed E-state index contributed by atoms with van der Waals surface area (Å²) in [5, 5.41) is 6.10. The Kier molecular flexibility index (Phi) is 5.95. The van der Waals surface area contributed by atoms with E-state index in [0.29, 0.717) is 26.2 Å². The van der Waals surface area contributed by atoms with Crippen LogP contribution in [0.3, 0.4) is 0 Å². The second-order valence-corrected chi connectivity index (χ2v) is 5.76. The molecule has 0 unspecified atom stereocenters. The number of nitrogens with zero attached hydrogens (tertiary/aromatic N) is 1. The fraction of sp³-hybridized carbons (Fsp3) is 0.529. The Morgan fingerprint density at radius 3 is 2.59 bits per heavy atom. The molecule has 1 heterocycles. The number of amides is 2. The highest BCUT2D eigenvalue weighted by molar-refractivity contribution is 5.83. The average Bonchev–Trinajstić information content (AvgIpc) is 2.54. The molecule has 0 bridgehead atoms. The van der Waals surface area contributed by atoms with Gasteiger partial charge in [0.25, 0.3) is 0 Å². The van der Waals surface area contributed by atoms with E-state index in [-0.39, 0.29) is 17.9 Å². The van der Waals surface area contributed by atoms with Crippen molar-refractivity contribution in [2.45, 2.75) is 39.3 Å². The van der Waals surface area contributed by atoms with Gasteiger partial charge in [0.1, 0.15) is 6.04 Å². The predicted octanol–water partition coefficient (Wildman–Crippen LogP) is 1.08. The molecule has 22 heavy (non-hydrogen) atoms. The largest absolute Gasteiger partial charge is 0.351 e. The van der Waals surface area contributed by atoms with E-state index in [1.807, 2.05) is 0 Å². The lowest BCUT2D eigenvalue weighted by molar-refractivity contribution is -0.132. The Bertz CT molecular complexity index is 513. The van der Waals surface area contributed by atoms with Gasteiger partial charge in [-0.1, -0.05) is 37.6 Å². The Balaban J connectivity index is 1.83. The standard InChI is InChI=1S/C17H25N3O2/c1-3-4-14-5-7-15(8-6-14)11-19-17(22)16-12-20(13(2)21)10-9-18-16/h5-8,16,18H,3-4,9-12H2,1-2H3,(H,19,22)/t16-/m1/s1. The molecule has 1 aromatic rings. The van der Waals surface area contributed by atoms with Crippen molar-refractivity contribution in [2.24, 2.45) is 0 Å². The number of benzene rings is 1. The average molecular weight is 303 g/mol. The molecule has 5 nitrogen and oxygen atoms in total. The highest BCUT2D eigenvalue weighted by atomic mass is 16.2. The van der Waals surface area contributed by atoms with Gasteiger partial charge in [0.05, 0.1) is 0 Å². The molecular formula is C17H25N3O2. The summed E-state index contributed by atoms with van der Waals surface area (Å²) in [5.74, 6) is -0.0330. The molecule has 120 valence electrons. The Labute approximate surface area is 132 Å². The van der Waals surface area contributed by atoms with Crippen LogP contribution in [0.4, 0.5) is 0 Å². The van der Waals surface area contributed by atoms with E-state index in [1.165, 1.54) is 12.5 Å². The molecule has 5 heteroatoms. The molecule has 1 aliphatic rings. The molecule has 0 aliphatic carbocycles. The summed E-state index contributed by atoms with van der Waals surface area (Å²) in [4.78, 5) is 25.3. The third-order valence-electron chi connectivity index (χ3n) is 3.97. The van der Waals surface area contributed by atoms with E-state index in [1.54, 1.807) is 4.90 Å². The monoisotopic (exact) mass is 303 g/mol. The number of aryl methyl sites for hydroxylation is 1. The lowest BCUT2D eigenvalue weighted by atomic mass is 10.1. The van der Waals surface area contributed by atoms with Gasteiger partial charge in [0.15, 0.2) is 0 Å². The van der Waals surface area contributed by atoms with Crippen LogP contribution in [0.15, 0.2) is 24.3 Å². The maximum atomic E-state index is 12.2. The van der Waals surface area contributed by atoms with Gasteiger partial charge in [-0.15, -0.1) is 0 Å². The lowest BCUT2D eigenvalue weighted by Crippen LogP contribution is -2.57. The molecule has 1 aliphatic heterocycles. The van der Waals surface area contributed by atoms with Crippen LogP contribution < -0.4 is 10.6 Å². The van der Waals surface area contributed by atoms with E-state index >= 15 is 0 Å². The summed E-state index contributed by atoms with van der Waals surface area (Å²) in [6, 6.07) is 8.02. The van der Waals surface area contributed by atoms with Crippen molar-refractivity contribution < 1.29 is 9.59 Å². The topological polar surface area (TPSA) is 61.4 Å². The van der Waals surface area contributed by atoms with Gasteiger partial charge < -0.3 is 15.5 Å². The number of nitrogens with one attached hydrogen (secondary N) is 2. The summed E-state index contributed by atoms with van der Waals surface area (Å²) >= 11 is 0. The molecule has 2 rings (SSSR count). The molecule has 1 fully saturated rings. The molecular weight excluding hydrogens is 278 g/mol. The smallest absolute Gasteiger partial charge is 0.239 e. The number of hydrogen-bond donors (Lipinski definition) is 2. The first-order chi connectivity index (χ1) is 10.6. The molecule has 1 atom stereocenters. The second-order valence-electron chi connectivity index (χ2n) is 5.76. The molecule has 0 saturated carbocycles. The number of piperazine rings is 1. The highest BCUT2D eigenvalue weighted by Crippen LogP contribution is 2.07. The fourth-order valence-corrected chi connectivity index (χ4v) is 2.64. The number of carbonyl (C=O) groups excluding carboxylic acids is 2. The van der Waals surface area contributed by atoms with Crippen molar-refractivity contribution in [2.75, 3.05) is 19.6 Å². The van der Waals surface area contributed by atoms with Crippen molar-refractivity contribution in [3.63, 3.8) is 0 Å². The summed E-state index contributed by atoms with van der Waals surface area (Å²) in [5.41, 5.74) is 2.41. The van der Waals surface area contributed by atoms with E-state index in [9.17, 15) is 9.59 Å². The fourth-order valence-electron chi connectivity index (χ4n) is 2.64. The zero-order chi connectivity index (χ0) is 15.9. The van der Waals surface area contributed by atoms with Gasteiger partial charge in [-0.3, -0.25) is 9.59 Å². The van der Waals surface area contributed by atoms with E-state index in [2.05, 4.69) is 41.8 Å². The first-order valence-corrected chi connectivity index (χ1v) is 7.94. The Hall–Kier alpha value is -1.88. The van der Waals surface area contributed by atoms with Crippen LogP contribution in [0.2, 0.25) is 0 Å². The third-order valence-corrected chi connectivity index (χ3v) is 3.97. The van der Waals surface area contributed by atoms with Crippen LogP contribution in [-0.4, -0.2) is 42.4 Å². The maximum absolute atomic E-state index is 12.2. The second kappa shape index (κ2) is 7.94. The van der Waals surface area contributed by atoms with Gasteiger partial charge in [-0.2, -0.15) is 0 Å². The maximum Gasteiger partial charge on any atom is 0.239 e. The lowest BCUT2D eigenvalue weighted by Gasteiger charge is -2.32. The van der Waals surface area contributed by atoms with Crippen LogP contribution in [0.25, 0.3) is 0 Å². The van der Waals surface area contributed by atoms with Crippen LogP contribution in [0, 0.1) is 0 Å². The summed E-state index contributed by atoms with van der Waals surface area (Å²) < 4.78 is 0. The van der Waals surface area contributed by atoms with Gasteiger partial charge in [-0.05, 0) is 17.5 Å². The van der Waals surface area contributed by atoms with Crippen molar-refractivity contribution >= 4 is 11.8 Å². The van der Waals surface area contributed by atoms with Crippen molar-refractivity contribution in [3.8, 4) is 0 Å². The predicted molar refractivity (Wildman–Crippen MR) is 86.3 cm³/mol. The van der Waals surface area contributed by atoms with Crippen LogP contribution in [0.1, 0.15) is 31.4 Å². The van der Waals surface area contributed by atoms with Crippen LogP contribution in [-0.2, 0) is 22.6 Å². The van der Waals surface area contributed by atoms with Gasteiger partial charge >= 0.3 is 0 Å².